The van der Waals surface area contributed by atoms with Gasteiger partial charge in [-0.15, -0.1) is 10.2 Å². The molecule has 0 radical (unpaired) electrons. The molecule has 0 saturated heterocycles. The third-order valence-corrected chi connectivity index (χ3v) is 6.77. The molecule has 1 amide bonds. The number of amides is 1. The summed E-state index contributed by atoms with van der Waals surface area (Å²) in [5.74, 6) is 0.0216. The topological polar surface area (TPSA) is 128 Å². The van der Waals surface area contributed by atoms with E-state index < -0.39 is 15.9 Å². The highest BCUT2D eigenvalue weighted by Gasteiger charge is 2.16. The van der Waals surface area contributed by atoms with Crippen molar-refractivity contribution >= 4 is 66.6 Å². The number of nitrogens with zero attached hydrogens (tertiary/aromatic N) is 4. The van der Waals surface area contributed by atoms with Crippen LogP contribution in [0.3, 0.4) is 0 Å². The second-order valence-electron chi connectivity index (χ2n) is 6.91. The van der Waals surface area contributed by atoms with E-state index in [1.165, 1.54) is 47.1 Å². The molecule has 4 aromatic rings. The molecule has 0 saturated carbocycles. The van der Waals surface area contributed by atoms with E-state index in [0.717, 1.165) is 4.47 Å². The Labute approximate surface area is 218 Å². The Bertz CT molecular complexity index is 1460. The molecule has 0 fully saturated rings. The van der Waals surface area contributed by atoms with Gasteiger partial charge in [-0.25, -0.2) is 13.1 Å². The van der Waals surface area contributed by atoms with Crippen LogP contribution in [-0.4, -0.2) is 34.3 Å². The first-order valence-corrected chi connectivity index (χ1v) is 12.8. The third kappa shape index (κ3) is 6.48. The Morgan fingerprint density at radius 2 is 1.80 bits per heavy atom. The fourth-order valence-electron chi connectivity index (χ4n) is 2.76. The summed E-state index contributed by atoms with van der Waals surface area (Å²) in [5.41, 5.74) is 0.530. The molecule has 10 nitrogen and oxygen atoms in total. The van der Waals surface area contributed by atoms with Crippen molar-refractivity contribution in [3.63, 3.8) is 0 Å². The van der Waals surface area contributed by atoms with Crippen molar-refractivity contribution in [2.45, 2.75) is 11.6 Å². The molecule has 0 aliphatic carbocycles. The van der Waals surface area contributed by atoms with Crippen LogP contribution in [0.1, 0.15) is 10.5 Å². The Hall–Kier alpha value is -3.19. The van der Waals surface area contributed by atoms with E-state index in [4.69, 9.17) is 27.9 Å². The van der Waals surface area contributed by atoms with E-state index in [0.29, 0.717) is 16.5 Å². The molecule has 35 heavy (non-hydrogen) atoms. The van der Waals surface area contributed by atoms with Crippen molar-refractivity contribution < 1.29 is 17.9 Å². The Morgan fingerprint density at radius 1 is 1.03 bits per heavy atom. The van der Waals surface area contributed by atoms with Crippen LogP contribution < -0.4 is 14.8 Å². The van der Waals surface area contributed by atoms with Gasteiger partial charge in [-0.2, -0.15) is 5.10 Å². The second-order valence-corrected chi connectivity index (χ2v) is 10.3. The van der Waals surface area contributed by atoms with Crippen LogP contribution in [0.4, 0.5) is 11.5 Å². The fourth-order valence-corrected chi connectivity index (χ4v) is 4.59. The van der Waals surface area contributed by atoms with E-state index in [1.54, 1.807) is 24.4 Å². The number of hydrogen-bond donors (Lipinski definition) is 2. The van der Waals surface area contributed by atoms with Crippen molar-refractivity contribution in [2.24, 2.45) is 0 Å². The number of ether oxygens (including phenoxy) is 1. The van der Waals surface area contributed by atoms with Gasteiger partial charge in [0.25, 0.3) is 15.9 Å². The van der Waals surface area contributed by atoms with Gasteiger partial charge in [-0.1, -0.05) is 39.1 Å². The van der Waals surface area contributed by atoms with Gasteiger partial charge >= 0.3 is 0 Å². The molecule has 0 unspecified atom stereocenters. The summed E-state index contributed by atoms with van der Waals surface area (Å²) in [6.07, 6.45) is 1.59. The number of sulfonamides is 1. The van der Waals surface area contributed by atoms with Crippen molar-refractivity contribution in [2.75, 3.05) is 10.0 Å². The van der Waals surface area contributed by atoms with E-state index in [1.807, 2.05) is 0 Å². The highest BCUT2D eigenvalue weighted by molar-refractivity contribution is 9.10. The van der Waals surface area contributed by atoms with Crippen LogP contribution in [0.25, 0.3) is 0 Å². The van der Waals surface area contributed by atoms with E-state index in [9.17, 15) is 13.2 Å². The lowest BCUT2D eigenvalue weighted by molar-refractivity contribution is 0.102. The summed E-state index contributed by atoms with van der Waals surface area (Å²) in [5, 5.41) is 14.7. The fraction of sp³-hybridized carbons (Fsp3) is 0.0476. The molecule has 0 spiro atoms. The molecule has 0 bridgehead atoms. The van der Waals surface area contributed by atoms with Crippen molar-refractivity contribution in [1.82, 2.24) is 20.0 Å². The van der Waals surface area contributed by atoms with Gasteiger partial charge in [0.1, 0.15) is 5.75 Å². The standard InChI is InChI=1S/C21H15BrCl2N6O4S/c22-13-1-6-18(16(23)11-13)34-12-30-10-9-17(28-30)21(31)25-14-2-4-15(5-3-14)35(32,33)29-20-8-7-19(24)26-27-20/h1-11H,12H2,(H,25,31)(H,27,29). The van der Waals surface area contributed by atoms with E-state index in [2.05, 4.69) is 41.3 Å². The zero-order chi connectivity index (χ0) is 25.0. The average Bonchev–Trinajstić information content (AvgIpc) is 3.30. The minimum absolute atomic E-state index is 0.0220. The smallest absolute Gasteiger partial charge is 0.276 e. The lowest BCUT2D eigenvalue weighted by atomic mass is 10.3. The third-order valence-electron chi connectivity index (χ3n) is 4.41. The van der Waals surface area contributed by atoms with Gasteiger partial charge in [0.15, 0.2) is 23.4 Å². The molecule has 2 N–H and O–H groups in total. The molecular weight excluding hydrogens is 583 g/mol. The maximum Gasteiger partial charge on any atom is 0.276 e. The number of rotatable bonds is 8. The van der Waals surface area contributed by atoms with E-state index in [-0.39, 0.29) is 28.3 Å². The molecule has 14 heteroatoms. The number of carbonyl (C=O) groups is 1. The first kappa shape index (κ1) is 24.9. The van der Waals surface area contributed by atoms with Crippen LogP contribution in [0.2, 0.25) is 10.2 Å². The van der Waals surface area contributed by atoms with Crippen molar-refractivity contribution in [3.05, 3.63) is 87.2 Å². The first-order valence-electron chi connectivity index (χ1n) is 9.74. The largest absolute Gasteiger partial charge is 0.470 e. The van der Waals surface area contributed by atoms with Crippen LogP contribution in [0.15, 0.2) is 76.2 Å². The number of anilines is 2. The van der Waals surface area contributed by atoms with Gasteiger partial charge in [0.05, 0.1) is 9.92 Å². The SMILES string of the molecule is O=C(Nc1ccc(S(=O)(=O)Nc2ccc(Cl)nn2)cc1)c1ccn(COc2ccc(Br)cc2Cl)n1. The predicted octanol–water partition coefficient (Wildman–Crippen LogP) is 4.83. The molecule has 0 atom stereocenters. The summed E-state index contributed by atoms with van der Waals surface area (Å²) in [6.45, 7) is 0.0478. The molecule has 180 valence electrons. The second kappa shape index (κ2) is 10.6. The van der Waals surface area contributed by atoms with Gasteiger partial charge in [0, 0.05) is 16.4 Å². The summed E-state index contributed by atoms with van der Waals surface area (Å²) >= 11 is 15.1. The molecule has 4 rings (SSSR count). The molecule has 2 aromatic heterocycles. The van der Waals surface area contributed by atoms with Crippen LogP contribution in [-0.2, 0) is 16.8 Å². The zero-order valence-electron chi connectivity index (χ0n) is 17.5. The molecule has 2 aromatic carbocycles. The summed E-state index contributed by atoms with van der Waals surface area (Å²) in [7, 11) is -3.90. The quantitative estimate of drug-likeness (QED) is 0.298. The number of benzene rings is 2. The van der Waals surface area contributed by atoms with E-state index >= 15 is 0 Å². The molecule has 0 aliphatic heterocycles. The number of aromatic nitrogens is 4. The predicted molar refractivity (Wildman–Crippen MR) is 134 cm³/mol. The molecule has 2 heterocycles. The average molecular weight is 598 g/mol. The van der Waals surface area contributed by atoms with Crippen molar-refractivity contribution in [1.29, 1.82) is 0 Å². The number of hydrogen-bond acceptors (Lipinski definition) is 7. The number of nitrogens with one attached hydrogen (secondary N) is 2. The maximum absolute atomic E-state index is 12.5. The van der Waals surface area contributed by atoms with Crippen molar-refractivity contribution in [3.8, 4) is 5.75 Å². The van der Waals surface area contributed by atoms with Crippen LogP contribution in [0.5, 0.6) is 5.75 Å². The summed E-state index contributed by atoms with van der Waals surface area (Å²) in [4.78, 5) is 12.5. The summed E-state index contributed by atoms with van der Waals surface area (Å²) < 4.78 is 35.2. The lowest BCUT2D eigenvalue weighted by Gasteiger charge is -2.09. The maximum atomic E-state index is 12.5. The lowest BCUT2D eigenvalue weighted by Crippen LogP contribution is -2.16. The highest BCUT2D eigenvalue weighted by atomic mass is 79.9. The Kier molecular flexibility index (Phi) is 7.55. The summed E-state index contributed by atoms with van der Waals surface area (Å²) in [6, 6.07) is 15.1. The van der Waals surface area contributed by atoms with Gasteiger partial charge in [-0.05, 0) is 60.7 Å². The normalized spacial score (nSPS) is 11.2. The molecule has 0 aliphatic rings. The Morgan fingerprint density at radius 3 is 2.49 bits per heavy atom. The number of halogens is 3. The Balaban J connectivity index is 1.36. The van der Waals surface area contributed by atoms with Crippen LogP contribution in [0, 0.1) is 0 Å². The van der Waals surface area contributed by atoms with Gasteiger partial charge < -0.3 is 10.1 Å². The minimum Gasteiger partial charge on any atom is -0.470 e. The van der Waals surface area contributed by atoms with Crippen LogP contribution >= 0.6 is 39.1 Å². The number of carbonyl (C=O) groups excluding carboxylic acids is 1. The van der Waals surface area contributed by atoms with Gasteiger partial charge in [-0.3, -0.25) is 9.52 Å². The first-order chi connectivity index (χ1) is 16.7. The van der Waals surface area contributed by atoms with Gasteiger partial charge in [0.2, 0.25) is 0 Å². The minimum atomic E-state index is -3.90. The molecular formula is C21H15BrCl2N6O4S. The monoisotopic (exact) mass is 596 g/mol. The zero-order valence-corrected chi connectivity index (χ0v) is 21.4. The highest BCUT2D eigenvalue weighted by Crippen LogP contribution is 2.28.